The Balaban J connectivity index is 1.96. The number of carbonyl (C=O) groups excluding carboxylic acids is 1. The fourth-order valence-electron chi connectivity index (χ4n) is 2.22. The summed E-state index contributed by atoms with van der Waals surface area (Å²) >= 11 is 7.47. The van der Waals surface area contributed by atoms with Gasteiger partial charge in [-0.2, -0.15) is 0 Å². The zero-order valence-corrected chi connectivity index (χ0v) is 13.7. The quantitative estimate of drug-likeness (QED) is 0.761. The number of nitrogens with zero attached hydrogens (tertiary/aromatic N) is 1. The molecule has 0 aliphatic carbocycles. The van der Waals surface area contributed by atoms with Crippen molar-refractivity contribution < 1.29 is 9.53 Å². The third-order valence-corrected chi connectivity index (χ3v) is 4.74. The maximum Gasteiger partial charge on any atom is 0.264 e. The van der Waals surface area contributed by atoms with Crippen LogP contribution in [0.15, 0.2) is 52.3 Å². The monoisotopic (exact) mass is 331 g/mol. The van der Waals surface area contributed by atoms with Crippen molar-refractivity contribution in [1.29, 1.82) is 0 Å². The molecule has 112 valence electrons. The molecule has 1 aliphatic rings. The lowest BCUT2D eigenvalue weighted by Gasteiger charge is -2.27. The van der Waals surface area contributed by atoms with Gasteiger partial charge in [0.2, 0.25) is 0 Å². The van der Waals surface area contributed by atoms with Crippen molar-refractivity contribution in [3.05, 3.63) is 58.0 Å². The van der Waals surface area contributed by atoms with E-state index < -0.39 is 0 Å². The topological polar surface area (TPSA) is 29.5 Å². The number of anilines is 1. The van der Waals surface area contributed by atoms with E-state index in [-0.39, 0.29) is 5.91 Å². The van der Waals surface area contributed by atoms with E-state index in [0.717, 1.165) is 21.9 Å². The molecule has 0 spiro atoms. The zero-order valence-electron chi connectivity index (χ0n) is 12.2. The van der Waals surface area contributed by atoms with Gasteiger partial charge in [0.1, 0.15) is 5.75 Å². The van der Waals surface area contributed by atoms with Gasteiger partial charge in [0.15, 0.2) is 0 Å². The number of methoxy groups -OCH3 is 1. The van der Waals surface area contributed by atoms with Gasteiger partial charge in [0.05, 0.1) is 17.7 Å². The average molecular weight is 332 g/mol. The summed E-state index contributed by atoms with van der Waals surface area (Å²) in [6.45, 7) is 0. The van der Waals surface area contributed by atoms with Gasteiger partial charge in [-0.05, 0) is 42.0 Å². The number of halogens is 1. The fraction of sp³-hybridized carbons (Fsp3) is 0.118. The van der Waals surface area contributed by atoms with Crippen LogP contribution in [0.2, 0.25) is 5.02 Å². The van der Waals surface area contributed by atoms with Gasteiger partial charge >= 0.3 is 0 Å². The lowest BCUT2D eigenvalue weighted by molar-refractivity contribution is -0.114. The second kappa shape index (κ2) is 6.07. The molecule has 22 heavy (non-hydrogen) atoms. The highest BCUT2D eigenvalue weighted by atomic mass is 35.5. The molecule has 2 aromatic carbocycles. The summed E-state index contributed by atoms with van der Waals surface area (Å²) in [5, 5.41) is 0.626. The van der Waals surface area contributed by atoms with Crippen LogP contribution in [-0.2, 0) is 4.79 Å². The molecule has 1 heterocycles. The van der Waals surface area contributed by atoms with Gasteiger partial charge in [-0.1, -0.05) is 35.5 Å². The van der Waals surface area contributed by atoms with Gasteiger partial charge in [-0.25, -0.2) is 0 Å². The summed E-state index contributed by atoms with van der Waals surface area (Å²) in [6, 6.07) is 13.2. The second-order valence-electron chi connectivity index (χ2n) is 4.86. The minimum Gasteiger partial charge on any atom is -0.497 e. The highest BCUT2D eigenvalue weighted by Crippen LogP contribution is 2.42. The number of amides is 1. The summed E-state index contributed by atoms with van der Waals surface area (Å²) in [4.78, 5) is 15.8. The summed E-state index contributed by atoms with van der Waals surface area (Å²) in [7, 11) is 3.39. The van der Waals surface area contributed by atoms with E-state index in [0.29, 0.717) is 9.93 Å². The first-order valence-electron chi connectivity index (χ1n) is 6.69. The number of hydrogen-bond acceptors (Lipinski definition) is 3. The highest BCUT2D eigenvalue weighted by molar-refractivity contribution is 8.04. The standard InChI is InChI=1S/C17H14ClNO2S/c1-19-14-10-12(18)5-8-15(14)22-16(17(19)20)9-11-3-6-13(21-2)7-4-11/h3-10H,1-2H3/b16-9-. The van der Waals surface area contributed by atoms with Crippen molar-refractivity contribution in [1.82, 2.24) is 0 Å². The van der Waals surface area contributed by atoms with Gasteiger partial charge < -0.3 is 9.64 Å². The Bertz CT molecular complexity index is 756. The first kappa shape index (κ1) is 15.0. The lowest BCUT2D eigenvalue weighted by atomic mass is 10.2. The van der Waals surface area contributed by atoms with Gasteiger partial charge in [0, 0.05) is 17.0 Å². The predicted octanol–water partition coefficient (Wildman–Crippen LogP) is 4.46. The van der Waals surface area contributed by atoms with Crippen LogP contribution in [0.4, 0.5) is 5.69 Å². The zero-order chi connectivity index (χ0) is 15.7. The summed E-state index contributed by atoms with van der Waals surface area (Å²) in [5.41, 5.74) is 1.80. The smallest absolute Gasteiger partial charge is 0.264 e. The maximum atomic E-state index is 12.5. The molecule has 0 unspecified atom stereocenters. The van der Waals surface area contributed by atoms with Gasteiger partial charge in [0.25, 0.3) is 5.91 Å². The second-order valence-corrected chi connectivity index (χ2v) is 6.38. The number of thioether (sulfide) groups is 1. The summed E-state index contributed by atoms with van der Waals surface area (Å²) in [6.07, 6.45) is 1.89. The number of benzene rings is 2. The molecule has 0 saturated heterocycles. The molecule has 0 bridgehead atoms. The Labute approximate surface area is 138 Å². The number of likely N-dealkylation sites (N-methyl/N-ethyl adjacent to an activating group) is 1. The molecule has 0 aromatic heterocycles. The van der Waals surface area contributed by atoms with Crippen molar-refractivity contribution >= 4 is 41.0 Å². The number of ether oxygens (including phenoxy) is 1. The first-order chi connectivity index (χ1) is 10.6. The van der Waals surface area contributed by atoms with Crippen LogP contribution < -0.4 is 9.64 Å². The van der Waals surface area contributed by atoms with E-state index >= 15 is 0 Å². The Morgan fingerprint density at radius 1 is 1.18 bits per heavy atom. The van der Waals surface area contributed by atoms with Crippen LogP contribution in [-0.4, -0.2) is 20.1 Å². The van der Waals surface area contributed by atoms with Crippen molar-refractivity contribution in [2.24, 2.45) is 0 Å². The van der Waals surface area contributed by atoms with Crippen LogP contribution >= 0.6 is 23.4 Å². The molecule has 1 amide bonds. The Kier molecular flexibility index (Phi) is 4.14. The summed E-state index contributed by atoms with van der Waals surface area (Å²) < 4.78 is 5.14. The Morgan fingerprint density at radius 3 is 2.59 bits per heavy atom. The molecule has 3 nitrogen and oxygen atoms in total. The van der Waals surface area contributed by atoms with Crippen molar-refractivity contribution in [3.63, 3.8) is 0 Å². The van der Waals surface area contributed by atoms with Crippen LogP contribution in [0.3, 0.4) is 0 Å². The van der Waals surface area contributed by atoms with E-state index in [2.05, 4.69) is 0 Å². The molecular formula is C17H14ClNO2S. The molecule has 0 atom stereocenters. The van der Waals surface area contributed by atoms with E-state index in [1.807, 2.05) is 48.5 Å². The van der Waals surface area contributed by atoms with Crippen LogP contribution in [0.5, 0.6) is 5.75 Å². The number of hydrogen-bond donors (Lipinski definition) is 0. The van der Waals surface area contributed by atoms with Gasteiger partial charge in [-0.3, -0.25) is 4.79 Å². The van der Waals surface area contributed by atoms with E-state index in [4.69, 9.17) is 16.3 Å². The third-order valence-electron chi connectivity index (χ3n) is 3.43. The molecule has 3 rings (SSSR count). The van der Waals surface area contributed by atoms with Crippen LogP contribution in [0.25, 0.3) is 6.08 Å². The van der Waals surface area contributed by atoms with E-state index in [9.17, 15) is 4.79 Å². The molecule has 0 saturated carbocycles. The Hall–Kier alpha value is -1.91. The van der Waals surface area contributed by atoms with E-state index in [1.54, 1.807) is 19.1 Å². The first-order valence-corrected chi connectivity index (χ1v) is 7.89. The van der Waals surface area contributed by atoms with Crippen LogP contribution in [0, 0.1) is 0 Å². The SMILES string of the molecule is COc1ccc(/C=C2\Sc3ccc(Cl)cc3N(C)C2=O)cc1. The Morgan fingerprint density at radius 2 is 1.91 bits per heavy atom. The van der Waals surface area contributed by atoms with Crippen molar-refractivity contribution in [2.75, 3.05) is 19.1 Å². The highest BCUT2D eigenvalue weighted by Gasteiger charge is 2.26. The lowest BCUT2D eigenvalue weighted by Crippen LogP contribution is -2.30. The number of fused-ring (bicyclic) bond motifs is 1. The van der Waals surface area contributed by atoms with Crippen molar-refractivity contribution in [2.45, 2.75) is 4.90 Å². The summed E-state index contributed by atoms with van der Waals surface area (Å²) in [5.74, 6) is 0.762. The minimum atomic E-state index is -0.0319. The number of rotatable bonds is 2. The normalized spacial score (nSPS) is 15.9. The largest absolute Gasteiger partial charge is 0.497 e. The molecule has 1 aliphatic heterocycles. The van der Waals surface area contributed by atoms with Gasteiger partial charge in [-0.15, -0.1) is 0 Å². The minimum absolute atomic E-state index is 0.0319. The molecule has 0 radical (unpaired) electrons. The van der Waals surface area contributed by atoms with Crippen molar-refractivity contribution in [3.8, 4) is 5.75 Å². The maximum absolute atomic E-state index is 12.5. The molecular weight excluding hydrogens is 318 g/mol. The number of carbonyl (C=O) groups is 1. The fourth-order valence-corrected chi connectivity index (χ4v) is 3.48. The third kappa shape index (κ3) is 2.85. The molecule has 5 heteroatoms. The average Bonchev–Trinajstić information content (AvgIpc) is 2.54. The predicted molar refractivity (Wildman–Crippen MR) is 91.7 cm³/mol. The van der Waals surface area contributed by atoms with E-state index in [1.165, 1.54) is 11.8 Å². The molecule has 0 N–H and O–H groups in total. The van der Waals surface area contributed by atoms with Crippen LogP contribution in [0.1, 0.15) is 5.56 Å². The molecule has 2 aromatic rings. The molecule has 0 fully saturated rings.